The molecule has 0 fully saturated rings. The quantitative estimate of drug-likeness (QED) is 0.177. The molecular weight excluding hydrogens is 827 g/mol. The van der Waals surface area contributed by atoms with Crippen molar-refractivity contribution in [1.29, 1.82) is 0 Å². The van der Waals surface area contributed by atoms with E-state index in [4.69, 9.17) is 9.47 Å². The lowest BCUT2D eigenvalue weighted by Gasteiger charge is -2.39. The molecule has 0 bridgehead atoms. The molecule has 5 aliphatic rings. The summed E-state index contributed by atoms with van der Waals surface area (Å²) in [6, 6.07) is 82.9. The van der Waals surface area contributed by atoms with E-state index in [-0.39, 0.29) is 5.41 Å². The highest BCUT2D eigenvalue weighted by Crippen LogP contribution is 2.65. The van der Waals surface area contributed by atoms with Crippen LogP contribution in [0.2, 0.25) is 0 Å². The van der Waals surface area contributed by atoms with Gasteiger partial charge >= 0.3 is 0 Å². The maximum atomic E-state index is 6.68. The monoisotopic (exact) mass is 869 g/mol. The molecule has 0 N–H and O–H groups in total. The molecular formula is C65H43NO2. The molecule has 10 aromatic rings. The molecule has 2 spiro atoms. The summed E-state index contributed by atoms with van der Waals surface area (Å²) in [5.74, 6) is 3.58. The van der Waals surface area contributed by atoms with E-state index in [1.807, 2.05) is 0 Å². The molecule has 15 rings (SSSR count). The van der Waals surface area contributed by atoms with Crippen molar-refractivity contribution in [2.24, 2.45) is 0 Å². The number of rotatable bonds is 3. The molecule has 2 aliphatic heterocycles. The Morgan fingerprint density at radius 3 is 1.01 bits per heavy atom. The largest absolute Gasteiger partial charge is 0.457 e. The van der Waals surface area contributed by atoms with Gasteiger partial charge < -0.3 is 14.4 Å². The van der Waals surface area contributed by atoms with Crippen LogP contribution >= 0.6 is 0 Å². The highest BCUT2D eigenvalue weighted by molar-refractivity contribution is 5.95. The number of hydrogen-bond acceptors (Lipinski definition) is 3. The smallest absolute Gasteiger partial charge is 0.132 e. The molecule has 3 nitrogen and oxygen atoms in total. The van der Waals surface area contributed by atoms with Crippen LogP contribution in [0.5, 0.6) is 23.0 Å². The van der Waals surface area contributed by atoms with Gasteiger partial charge in [0.15, 0.2) is 0 Å². The van der Waals surface area contributed by atoms with Crippen LogP contribution in [-0.2, 0) is 16.2 Å². The average molecular weight is 870 g/mol. The number of ether oxygens (including phenoxy) is 2. The second-order valence-corrected chi connectivity index (χ2v) is 19.5. The SMILES string of the molecule is CC1(C)c2ccccc2-c2ccc(N(c3ccc4c(c3)-c3ccccc3C43c4ccccc4Oc4ccccc43)c3ccc4c(c3)-c3ccccc3C43c4ccccc4Oc4ccccc43)cc21. The molecule has 0 aromatic heterocycles. The summed E-state index contributed by atoms with van der Waals surface area (Å²) >= 11 is 0. The van der Waals surface area contributed by atoms with Crippen LogP contribution < -0.4 is 14.4 Å². The van der Waals surface area contributed by atoms with Crippen molar-refractivity contribution >= 4 is 17.1 Å². The van der Waals surface area contributed by atoms with Gasteiger partial charge in [-0.1, -0.05) is 178 Å². The fourth-order valence-electron chi connectivity index (χ4n) is 13.3. The molecule has 0 radical (unpaired) electrons. The molecule has 0 amide bonds. The van der Waals surface area contributed by atoms with Gasteiger partial charge in [-0.3, -0.25) is 0 Å². The number of nitrogens with zero attached hydrogens (tertiary/aromatic N) is 1. The molecule has 10 aromatic carbocycles. The van der Waals surface area contributed by atoms with E-state index < -0.39 is 10.8 Å². The first-order valence-corrected chi connectivity index (χ1v) is 23.7. The summed E-state index contributed by atoms with van der Waals surface area (Å²) in [5.41, 5.74) is 22.0. The number of benzene rings is 10. The number of hydrogen-bond donors (Lipinski definition) is 0. The number of para-hydroxylation sites is 4. The predicted molar refractivity (Wildman–Crippen MR) is 273 cm³/mol. The first kappa shape index (κ1) is 37.8. The van der Waals surface area contributed by atoms with Crippen LogP contribution in [0, 0.1) is 0 Å². The van der Waals surface area contributed by atoms with Crippen molar-refractivity contribution in [3.63, 3.8) is 0 Å². The minimum Gasteiger partial charge on any atom is -0.457 e. The fourth-order valence-corrected chi connectivity index (χ4v) is 13.3. The first-order valence-electron chi connectivity index (χ1n) is 23.7. The lowest BCUT2D eigenvalue weighted by molar-refractivity contribution is 0.436. The Bertz CT molecular complexity index is 3530. The lowest BCUT2D eigenvalue weighted by Crippen LogP contribution is -2.32. The van der Waals surface area contributed by atoms with Gasteiger partial charge in [0, 0.05) is 44.7 Å². The van der Waals surface area contributed by atoms with Gasteiger partial charge in [0.2, 0.25) is 0 Å². The van der Waals surface area contributed by atoms with E-state index in [9.17, 15) is 0 Å². The van der Waals surface area contributed by atoms with Gasteiger partial charge in [0.25, 0.3) is 0 Å². The number of anilines is 3. The summed E-state index contributed by atoms with van der Waals surface area (Å²) < 4.78 is 13.4. The third-order valence-corrected chi connectivity index (χ3v) is 16.0. The van der Waals surface area contributed by atoms with Crippen LogP contribution in [0.1, 0.15) is 69.5 Å². The van der Waals surface area contributed by atoms with Gasteiger partial charge in [-0.15, -0.1) is 0 Å². The van der Waals surface area contributed by atoms with Crippen molar-refractivity contribution < 1.29 is 9.47 Å². The molecule has 2 heterocycles. The standard InChI is InChI=1S/C65H43NO2/c1-63(2)49-20-6-3-17-43(49)46-34-31-42(39-58(46)63)66(40-32-35-52-47(37-40)44-18-4-7-21-50(44)64(52)54-23-9-13-27-59(54)67-60-28-14-10-24-55(60)64)41-33-36-53-48(38-41)45-19-5-8-22-51(45)65(53)56-25-11-15-29-61(56)68-62-30-16-12-26-57(62)65/h3-39H,1-2H3. The van der Waals surface area contributed by atoms with Crippen molar-refractivity contribution in [3.05, 3.63) is 280 Å². The molecule has 3 heteroatoms. The second kappa shape index (κ2) is 13.4. The van der Waals surface area contributed by atoms with Crippen LogP contribution in [0.15, 0.2) is 224 Å². The fraction of sp³-hybridized carbons (Fsp3) is 0.0769. The molecule has 0 saturated carbocycles. The van der Waals surface area contributed by atoms with Gasteiger partial charge in [0.05, 0.1) is 10.8 Å². The van der Waals surface area contributed by atoms with E-state index in [2.05, 4.69) is 243 Å². The Hall–Kier alpha value is -8.40. The Kier molecular flexibility index (Phi) is 7.43. The minimum atomic E-state index is -0.550. The zero-order valence-corrected chi connectivity index (χ0v) is 37.6. The summed E-state index contributed by atoms with van der Waals surface area (Å²) in [7, 11) is 0. The Morgan fingerprint density at radius 1 is 0.265 bits per heavy atom. The van der Waals surface area contributed by atoms with Crippen molar-refractivity contribution in [1.82, 2.24) is 0 Å². The third-order valence-electron chi connectivity index (χ3n) is 16.0. The highest BCUT2D eigenvalue weighted by atomic mass is 16.5. The highest BCUT2D eigenvalue weighted by Gasteiger charge is 2.53. The zero-order chi connectivity index (χ0) is 44.9. The molecule has 0 unspecified atom stereocenters. The van der Waals surface area contributed by atoms with E-state index in [1.165, 1.54) is 66.8 Å². The topological polar surface area (TPSA) is 21.7 Å². The third kappa shape index (κ3) is 4.63. The molecule has 0 saturated heterocycles. The molecule has 0 atom stereocenters. The summed E-state index contributed by atoms with van der Waals surface area (Å²) in [6.45, 7) is 4.74. The van der Waals surface area contributed by atoms with E-state index in [0.717, 1.165) is 62.3 Å². The number of fused-ring (bicyclic) bond motifs is 21. The Labute approximate surface area is 396 Å². The maximum Gasteiger partial charge on any atom is 0.132 e. The van der Waals surface area contributed by atoms with Crippen molar-refractivity contribution in [2.75, 3.05) is 4.90 Å². The van der Waals surface area contributed by atoms with Crippen molar-refractivity contribution in [3.8, 4) is 56.4 Å². The normalized spacial score (nSPS) is 15.5. The maximum absolute atomic E-state index is 6.68. The summed E-state index contributed by atoms with van der Waals surface area (Å²) in [5, 5.41) is 0. The summed E-state index contributed by atoms with van der Waals surface area (Å²) in [6.07, 6.45) is 0. The van der Waals surface area contributed by atoms with Gasteiger partial charge in [-0.05, 0) is 127 Å². The second-order valence-electron chi connectivity index (χ2n) is 19.5. The van der Waals surface area contributed by atoms with Crippen LogP contribution in [0.25, 0.3) is 33.4 Å². The van der Waals surface area contributed by atoms with Crippen LogP contribution in [0.3, 0.4) is 0 Å². The average Bonchev–Trinajstić information content (AvgIpc) is 3.93. The minimum absolute atomic E-state index is 0.173. The van der Waals surface area contributed by atoms with Gasteiger partial charge in [0.1, 0.15) is 23.0 Å². The van der Waals surface area contributed by atoms with E-state index >= 15 is 0 Å². The van der Waals surface area contributed by atoms with Gasteiger partial charge in [-0.2, -0.15) is 0 Å². The molecule has 3 aliphatic carbocycles. The predicted octanol–water partition coefficient (Wildman–Crippen LogP) is 16.4. The lowest BCUT2D eigenvalue weighted by atomic mass is 9.66. The summed E-state index contributed by atoms with van der Waals surface area (Å²) in [4.78, 5) is 2.50. The van der Waals surface area contributed by atoms with Crippen LogP contribution in [-0.4, -0.2) is 0 Å². The van der Waals surface area contributed by atoms with Gasteiger partial charge in [-0.25, -0.2) is 0 Å². The first-order chi connectivity index (χ1) is 33.5. The molecule has 68 heavy (non-hydrogen) atoms. The molecule has 320 valence electrons. The van der Waals surface area contributed by atoms with Crippen LogP contribution in [0.4, 0.5) is 17.1 Å². The Balaban J connectivity index is 0.988. The van der Waals surface area contributed by atoms with Crippen molar-refractivity contribution in [2.45, 2.75) is 30.1 Å². The zero-order valence-electron chi connectivity index (χ0n) is 37.6. The van der Waals surface area contributed by atoms with E-state index in [0.29, 0.717) is 0 Å². The van der Waals surface area contributed by atoms with E-state index in [1.54, 1.807) is 0 Å². The Morgan fingerprint density at radius 2 is 0.574 bits per heavy atom.